The van der Waals surface area contributed by atoms with E-state index in [1.165, 1.54) is 0 Å². The minimum atomic E-state index is -0.276. The summed E-state index contributed by atoms with van der Waals surface area (Å²) in [4.78, 5) is 25.3. The number of anilines is 1. The zero-order valence-electron chi connectivity index (χ0n) is 17.7. The number of hydrogen-bond donors (Lipinski definition) is 2. The molecule has 1 aliphatic rings. The van der Waals surface area contributed by atoms with Crippen molar-refractivity contribution in [1.29, 1.82) is 0 Å². The van der Waals surface area contributed by atoms with E-state index >= 15 is 0 Å². The lowest BCUT2D eigenvalue weighted by atomic mass is 9.95. The second kappa shape index (κ2) is 9.04. The van der Waals surface area contributed by atoms with E-state index in [1.54, 1.807) is 12.1 Å². The van der Waals surface area contributed by atoms with Crippen molar-refractivity contribution in [2.24, 2.45) is 5.92 Å². The fourth-order valence-corrected chi connectivity index (χ4v) is 3.71. The summed E-state index contributed by atoms with van der Waals surface area (Å²) >= 11 is 0. The van der Waals surface area contributed by atoms with Crippen molar-refractivity contribution >= 4 is 17.5 Å². The van der Waals surface area contributed by atoms with Crippen LogP contribution in [0.5, 0.6) is 5.75 Å². The minimum Gasteiger partial charge on any atom is -0.492 e. The molecule has 0 saturated carbocycles. The van der Waals surface area contributed by atoms with Gasteiger partial charge in [0.2, 0.25) is 5.91 Å². The molecule has 2 N–H and O–H groups in total. The smallest absolute Gasteiger partial charge is 0.255 e. The molecule has 31 heavy (non-hydrogen) atoms. The van der Waals surface area contributed by atoms with Crippen molar-refractivity contribution in [3.05, 3.63) is 95.1 Å². The molecule has 0 saturated heterocycles. The van der Waals surface area contributed by atoms with Crippen LogP contribution in [0.1, 0.15) is 40.0 Å². The number of fused-ring (bicyclic) bond motifs is 1. The SMILES string of the molecule is Cc1ccc(C(=O)Nc2ccc3c(c2)C[C@H](C(=O)N[C@H](C)c2ccccc2)CO3)cc1. The lowest BCUT2D eigenvalue weighted by Gasteiger charge is -2.26. The molecule has 5 nitrogen and oxygen atoms in total. The highest BCUT2D eigenvalue weighted by molar-refractivity contribution is 6.04. The Morgan fingerprint density at radius 3 is 2.48 bits per heavy atom. The minimum absolute atomic E-state index is 0.0314. The molecule has 1 heterocycles. The summed E-state index contributed by atoms with van der Waals surface area (Å²) in [6.45, 7) is 4.30. The summed E-state index contributed by atoms with van der Waals surface area (Å²) in [6.07, 6.45) is 0.566. The molecule has 0 aliphatic carbocycles. The predicted octanol–water partition coefficient (Wildman–Crippen LogP) is 4.68. The third kappa shape index (κ3) is 4.94. The van der Waals surface area contributed by atoms with Crippen molar-refractivity contribution in [2.45, 2.75) is 26.3 Å². The van der Waals surface area contributed by atoms with Gasteiger partial charge in [0.1, 0.15) is 12.4 Å². The summed E-state index contributed by atoms with van der Waals surface area (Å²) in [5.74, 6) is 0.286. The number of ether oxygens (including phenoxy) is 1. The van der Waals surface area contributed by atoms with Crippen LogP contribution in [0, 0.1) is 12.8 Å². The van der Waals surface area contributed by atoms with Crippen LogP contribution in [0.15, 0.2) is 72.8 Å². The summed E-state index contributed by atoms with van der Waals surface area (Å²) in [5.41, 5.74) is 4.38. The molecule has 2 atom stereocenters. The first-order valence-electron chi connectivity index (χ1n) is 10.5. The van der Waals surface area contributed by atoms with E-state index < -0.39 is 0 Å². The van der Waals surface area contributed by atoms with E-state index in [-0.39, 0.29) is 23.8 Å². The first-order chi connectivity index (χ1) is 15.0. The number of amides is 2. The van der Waals surface area contributed by atoms with Crippen molar-refractivity contribution in [3.8, 4) is 5.75 Å². The number of nitrogens with one attached hydrogen (secondary N) is 2. The molecule has 0 unspecified atom stereocenters. The van der Waals surface area contributed by atoms with Gasteiger partial charge in [0, 0.05) is 11.3 Å². The third-order valence-electron chi connectivity index (χ3n) is 5.57. The monoisotopic (exact) mass is 414 g/mol. The average molecular weight is 415 g/mol. The molecule has 1 aliphatic heterocycles. The second-order valence-corrected chi connectivity index (χ2v) is 8.00. The van der Waals surface area contributed by atoms with Crippen LogP contribution in [0.4, 0.5) is 5.69 Å². The molecule has 0 bridgehead atoms. The summed E-state index contributed by atoms with van der Waals surface area (Å²) < 4.78 is 5.83. The van der Waals surface area contributed by atoms with Crippen molar-refractivity contribution in [1.82, 2.24) is 5.32 Å². The van der Waals surface area contributed by atoms with Crippen molar-refractivity contribution < 1.29 is 14.3 Å². The fraction of sp³-hybridized carbons (Fsp3) is 0.231. The predicted molar refractivity (Wildman–Crippen MR) is 121 cm³/mol. The maximum Gasteiger partial charge on any atom is 0.255 e. The number of carbonyl (C=O) groups is 2. The van der Waals surface area contributed by atoms with E-state index in [0.717, 1.165) is 22.4 Å². The van der Waals surface area contributed by atoms with Crippen LogP contribution in [-0.2, 0) is 11.2 Å². The van der Waals surface area contributed by atoms with Crippen LogP contribution < -0.4 is 15.4 Å². The fourth-order valence-electron chi connectivity index (χ4n) is 3.71. The molecule has 0 radical (unpaired) electrons. The number of hydrogen-bond acceptors (Lipinski definition) is 3. The highest BCUT2D eigenvalue weighted by Gasteiger charge is 2.27. The molecule has 158 valence electrons. The van der Waals surface area contributed by atoms with Crippen LogP contribution in [0.3, 0.4) is 0 Å². The van der Waals surface area contributed by atoms with E-state index in [1.807, 2.05) is 74.5 Å². The molecular weight excluding hydrogens is 388 g/mol. The van der Waals surface area contributed by atoms with E-state index in [2.05, 4.69) is 10.6 Å². The average Bonchev–Trinajstić information content (AvgIpc) is 2.79. The lowest BCUT2D eigenvalue weighted by molar-refractivity contribution is -0.126. The number of carbonyl (C=O) groups excluding carboxylic acids is 2. The van der Waals surface area contributed by atoms with Gasteiger partial charge in [-0.1, -0.05) is 48.0 Å². The van der Waals surface area contributed by atoms with Crippen molar-refractivity contribution in [2.75, 3.05) is 11.9 Å². The van der Waals surface area contributed by atoms with Crippen molar-refractivity contribution in [3.63, 3.8) is 0 Å². The Morgan fingerprint density at radius 2 is 1.74 bits per heavy atom. The zero-order valence-corrected chi connectivity index (χ0v) is 17.7. The third-order valence-corrected chi connectivity index (χ3v) is 5.57. The van der Waals surface area contributed by atoms with Gasteiger partial charge < -0.3 is 15.4 Å². The first-order valence-corrected chi connectivity index (χ1v) is 10.5. The van der Waals surface area contributed by atoms with E-state index in [9.17, 15) is 9.59 Å². The Balaban J connectivity index is 1.41. The van der Waals surface area contributed by atoms with Gasteiger partial charge in [0.25, 0.3) is 5.91 Å². The maximum absolute atomic E-state index is 12.8. The van der Waals surface area contributed by atoms with Gasteiger partial charge >= 0.3 is 0 Å². The van der Waals surface area contributed by atoms with Crippen LogP contribution >= 0.6 is 0 Å². The Labute approximate surface area is 182 Å². The van der Waals surface area contributed by atoms with Gasteiger partial charge in [-0.25, -0.2) is 0 Å². The molecule has 4 rings (SSSR count). The van der Waals surface area contributed by atoms with Crippen LogP contribution in [0.25, 0.3) is 0 Å². The van der Waals surface area contributed by atoms with Gasteiger partial charge in [-0.3, -0.25) is 9.59 Å². The Morgan fingerprint density at radius 1 is 1.00 bits per heavy atom. The second-order valence-electron chi connectivity index (χ2n) is 8.00. The van der Waals surface area contributed by atoms with Gasteiger partial charge in [0.15, 0.2) is 0 Å². The maximum atomic E-state index is 12.8. The molecule has 0 spiro atoms. The zero-order chi connectivity index (χ0) is 21.8. The lowest BCUT2D eigenvalue weighted by Crippen LogP contribution is -2.38. The molecule has 0 aromatic heterocycles. The van der Waals surface area contributed by atoms with E-state index in [0.29, 0.717) is 24.3 Å². The standard InChI is InChI=1S/C26H26N2O3/c1-17-8-10-20(11-9-17)25(29)28-23-12-13-24-21(15-23)14-22(16-31-24)26(30)27-18(2)19-6-4-3-5-7-19/h3-13,15,18,22H,14,16H2,1-2H3,(H,27,30)(H,28,29)/t18-,22+/m1/s1. The molecule has 2 amide bonds. The largest absolute Gasteiger partial charge is 0.492 e. The van der Waals surface area contributed by atoms with Gasteiger partial charge in [0.05, 0.1) is 12.0 Å². The van der Waals surface area contributed by atoms with E-state index in [4.69, 9.17) is 4.74 Å². The highest BCUT2D eigenvalue weighted by atomic mass is 16.5. The Hall–Kier alpha value is -3.60. The van der Waals surface area contributed by atoms with Gasteiger partial charge in [-0.2, -0.15) is 0 Å². The van der Waals surface area contributed by atoms with Crippen LogP contribution in [-0.4, -0.2) is 18.4 Å². The van der Waals surface area contributed by atoms with Gasteiger partial charge in [-0.05, 0) is 61.7 Å². The Kier molecular flexibility index (Phi) is 6.03. The first kappa shape index (κ1) is 20.7. The highest BCUT2D eigenvalue weighted by Crippen LogP contribution is 2.30. The quantitative estimate of drug-likeness (QED) is 0.637. The summed E-state index contributed by atoms with van der Waals surface area (Å²) in [7, 11) is 0. The topological polar surface area (TPSA) is 67.4 Å². The molecule has 5 heteroatoms. The number of benzene rings is 3. The summed E-state index contributed by atoms with van der Waals surface area (Å²) in [6, 6.07) is 22.8. The van der Waals surface area contributed by atoms with Gasteiger partial charge in [-0.15, -0.1) is 0 Å². The normalized spacial score (nSPS) is 15.9. The molecule has 0 fully saturated rings. The molecular formula is C26H26N2O3. The molecule has 3 aromatic carbocycles. The number of rotatable bonds is 5. The number of aryl methyl sites for hydroxylation is 1. The molecule has 3 aromatic rings. The Bertz CT molecular complexity index is 1080. The van der Waals surface area contributed by atoms with Crippen LogP contribution in [0.2, 0.25) is 0 Å². The summed E-state index contributed by atoms with van der Waals surface area (Å²) in [5, 5.41) is 6.01.